The molecule has 1 aromatic carbocycles. The number of carbonyl (C=O) groups is 1. The van der Waals surface area contributed by atoms with Gasteiger partial charge in [-0.25, -0.2) is 9.37 Å². The fourth-order valence-corrected chi connectivity index (χ4v) is 3.40. The Labute approximate surface area is 178 Å². The van der Waals surface area contributed by atoms with Crippen molar-refractivity contribution in [2.45, 2.75) is 38.4 Å². The van der Waals surface area contributed by atoms with Gasteiger partial charge < -0.3 is 5.32 Å². The molecule has 1 heterocycles. The van der Waals surface area contributed by atoms with E-state index in [9.17, 15) is 22.4 Å². The lowest BCUT2D eigenvalue weighted by molar-refractivity contribution is -0.401. The second kappa shape index (κ2) is 9.73. The van der Waals surface area contributed by atoms with Crippen molar-refractivity contribution in [3.05, 3.63) is 101 Å². The minimum Gasteiger partial charge on any atom is -0.332 e. The number of amides is 1. The molecule has 0 fully saturated rings. The minimum atomic E-state index is -4.64. The molecule has 2 N–H and O–H groups in total. The first-order valence-electron chi connectivity index (χ1n) is 9.88. The lowest BCUT2D eigenvalue weighted by Gasteiger charge is -2.20. The molecular formula is C24H23F4N2O+. The molecule has 1 aliphatic rings. The number of hydrogen-bond acceptors (Lipinski definition) is 1. The molecule has 0 aliphatic heterocycles. The Hall–Kier alpha value is -3.22. The van der Waals surface area contributed by atoms with Crippen LogP contribution in [0.15, 0.2) is 83.6 Å². The van der Waals surface area contributed by atoms with Gasteiger partial charge in [0.2, 0.25) is 11.7 Å². The molecule has 0 bridgehead atoms. The summed E-state index contributed by atoms with van der Waals surface area (Å²) in [6.07, 6.45) is 3.64. The van der Waals surface area contributed by atoms with Crippen LogP contribution in [0.1, 0.15) is 37.1 Å². The second-order valence-electron chi connectivity index (χ2n) is 7.45. The molecule has 1 amide bonds. The molecule has 1 aliphatic carbocycles. The number of alkyl halides is 3. The predicted octanol–water partition coefficient (Wildman–Crippen LogP) is 5.20. The van der Waals surface area contributed by atoms with Crippen LogP contribution in [0.5, 0.6) is 0 Å². The fraction of sp³-hybridized carbons (Fsp3) is 0.250. The molecule has 1 aromatic heterocycles. The molecule has 1 atom stereocenters. The zero-order valence-corrected chi connectivity index (χ0v) is 17.0. The Balaban J connectivity index is 1.75. The maximum atomic E-state index is 13.6. The number of carbonyl (C=O) groups excluding carboxylic acids is 1. The Bertz CT molecular complexity index is 1010. The van der Waals surface area contributed by atoms with Crippen molar-refractivity contribution < 1.29 is 27.3 Å². The SMILES string of the molecule is CC1=C(C(=O)N[C@H](c2cccc[nH+]2)C(F)(F)F)C=CC=C(Cc2ccc(F)cc2)CC1. The van der Waals surface area contributed by atoms with Gasteiger partial charge in [0, 0.05) is 17.7 Å². The van der Waals surface area contributed by atoms with E-state index in [0.717, 1.165) is 11.1 Å². The molecule has 3 nitrogen and oxygen atoms in total. The Morgan fingerprint density at radius 2 is 1.87 bits per heavy atom. The highest BCUT2D eigenvalue weighted by atomic mass is 19.4. The van der Waals surface area contributed by atoms with Crippen molar-refractivity contribution in [3.8, 4) is 0 Å². The van der Waals surface area contributed by atoms with E-state index < -0.39 is 18.1 Å². The number of rotatable bonds is 5. The maximum Gasteiger partial charge on any atom is 0.418 e. The van der Waals surface area contributed by atoms with Gasteiger partial charge in [-0.05, 0) is 50.0 Å². The van der Waals surface area contributed by atoms with Gasteiger partial charge in [-0.2, -0.15) is 13.2 Å². The second-order valence-corrected chi connectivity index (χ2v) is 7.45. The molecule has 0 unspecified atom stereocenters. The van der Waals surface area contributed by atoms with Crippen molar-refractivity contribution in [1.29, 1.82) is 0 Å². The van der Waals surface area contributed by atoms with Crippen molar-refractivity contribution >= 4 is 5.91 Å². The summed E-state index contributed by atoms with van der Waals surface area (Å²) in [5.74, 6) is -1.07. The number of nitrogens with one attached hydrogen (secondary N) is 2. The number of benzene rings is 1. The predicted molar refractivity (Wildman–Crippen MR) is 109 cm³/mol. The molecule has 2 aromatic rings. The average molecular weight is 431 g/mol. The molecule has 31 heavy (non-hydrogen) atoms. The molecule has 0 saturated heterocycles. The van der Waals surface area contributed by atoms with E-state index in [4.69, 9.17) is 0 Å². The van der Waals surface area contributed by atoms with Crippen LogP contribution >= 0.6 is 0 Å². The Kier molecular flexibility index (Phi) is 7.05. The molecule has 3 rings (SSSR count). The summed E-state index contributed by atoms with van der Waals surface area (Å²) in [6, 6.07) is 8.45. The normalized spacial score (nSPS) is 15.7. The van der Waals surface area contributed by atoms with E-state index in [-0.39, 0.29) is 17.1 Å². The van der Waals surface area contributed by atoms with Crippen LogP contribution in [-0.4, -0.2) is 12.1 Å². The van der Waals surface area contributed by atoms with Crippen molar-refractivity contribution in [2.24, 2.45) is 0 Å². The summed E-state index contributed by atoms with van der Waals surface area (Å²) < 4.78 is 53.8. The van der Waals surface area contributed by atoms with Gasteiger partial charge in [0.1, 0.15) is 5.82 Å². The maximum absolute atomic E-state index is 13.6. The summed E-state index contributed by atoms with van der Waals surface area (Å²) in [7, 11) is 0. The molecule has 7 heteroatoms. The van der Waals surface area contributed by atoms with E-state index in [0.29, 0.717) is 24.8 Å². The van der Waals surface area contributed by atoms with Crippen LogP contribution in [0.4, 0.5) is 17.6 Å². The largest absolute Gasteiger partial charge is 0.418 e. The van der Waals surface area contributed by atoms with Crippen LogP contribution in [0.25, 0.3) is 0 Å². The summed E-state index contributed by atoms with van der Waals surface area (Å²) in [6.45, 7) is 1.75. The van der Waals surface area contributed by atoms with Crippen LogP contribution in [-0.2, 0) is 11.2 Å². The number of hydrogen-bond donors (Lipinski definition) is 1. The monoisotopic (exact) mass is 431 g/mol. The summed E-state index contributed by atoms with van der Waals surface area (Å²) in [5.41, 5.74) is 2.85. The fourth-order valence-electron chi connectivity index (χ4n) is 3.40. The first kappa shape index (κ1) is 22.5. The zero-order chi connectivity index (χ0) is 22.4. The lowest BCUT2D eigenvalue weighted by atomic mass is 9.94. The molecule has 162 valence electrons. The van der Waals surface area contributed by atoms with Crippen LogP contribution < -0.4 is 10.3 Å². The number of H-pyrrole nitrogens is 1. The minimum absolute atomic E-state index is 0.141. The van der Waals surface area contributed by atoms with Crippen LogP contribution in [0.3, 0.4) is 0 Å². The first-order chi connectivity index (χ1) is 14.7. The summed E-state index contributed by atoms with van der Waals surface area (Å²) in [5, 5.41) is 2.12. The standard InChI is InChI=1S/C24H22F4N2O/c1-16-8-9-17(15-18-10-12-19(25)13-11-18)5-4-6-20(16)23(31)30-22(24(26,27)28)21-7-2-3-14-29-21/h2-7,10-14,22H,8-9,15H2,1H3,(H,30,31)/p+1/t22-/m1/s1. The van der Waals surface area contributed by atoms with Gasteiger partial charge >= 0.3 is 6.18 Å². The van der Waals surface area contributed by atoms with Crippen LogP contribution in [0, 0.1) is 5.82 Å². The Morgan fingerprint density at radius 3 is 2.52 bits per heavy atom. The smallest absolute Gasteiger partial charge is 0.332 e. The van der Waals surface area contributed by atoms with Crippen molar-refractivity contribution in [3.63, 3.8) is 0 Å². The number of allylic oxidation sites excluding steroid dienone is 4. The van der Waals surface area contributed by atoms with Crippen molar-refractivity contribution in [1.82, 2.24) is 5.32 Å². The molecular weight excluding hydrogens is 408 g/mol. The zero-order valence-electron chi connectivity index (χ0n) is 17.0. The van der Waals surface area contributed by atoms with E-state index in [1.807, 2.05) is 6.08 Å². The van der Waals surface area contributed by atoms with Crippen molar-refractivity contribution in [2.75, 3.05) is 0 Å². The number of pyridine rings is 1. The topological polar surface area (TPSA) is 43.2 Å². The van der Waals surface area contributed by atoms with E-state index >= 15 is 0 Å². The third-order valence-corrected chi connectivity index (χ3v) is 5.11. The van der Waals surface area contributed by atoms with E-state index in [1.165, 1.54) is 36.5 Å². The van der Waals surface area contributed by atoms with Gasteiger partial charge in [-0.1, -0.05) is 41.5 Å². The van der Waals surface area contributed by atoms with Gasteiger partial charge in [0.15, 0.2) is 6.20 Å². The highest BCUT2D eigenvalue weighted by Gasteiger charge is 2.45. The quantitative estimate of drug-likeness (QED) is 0.650. The molecule has 0 saturated carbocycles. The van der Waals surface area contributed by atoms with Gasteiger partial charge in [0.25, 0.3) is 5.91 Å². The first-order valence-corrected chi connectivity index (χ1v) is 9.88. The van der Waals surface area contributed by atoms with E-state index in [1.54, 1.807) is 31.2 Å². The average Bonchev–Trinajstić information content (AvgIpc) is 2.72. The van der Waals surface area contributed by atoms with E-state index in [2.05, 4.69) is 10.3 Å². The summed E-state index contributed by atoms with van der Waals surface area (Å²) >= 11 is 0. The third-order valence-electron chi connectivity index (χ3n) is 5.11. The lowest BCUT2D eigenvalue weighted by Crippen LogP contribution is -2.41. The number of aromatic amines is 1. The highest BCUT2D eigenvalue weighted by molar-refractivity contribution is 5.97. The number of aromatic nitrogens is 1. The van der Waals surface area contributed by atoms with Gasteiger partial charge in [0.05, 0.1) is 0 Å². The van der Waals surface area contributed by atoms with Gasteiger partial charge in [-0.15, -0.1) is 0 Å². The molecule has 0 spiro atoms. The van der Waals surface area contributed by atoms with Gasteiger partial charge in [-0.3, -0.25) is 4.79 Å². The molecule has 0 radical (unpaired) electrons. The summed E-state index contributed by atoms with van der Waals surface area (Å²) in [4.78, 5) is 15.3. The third kappa shape index (κ3) is 6.13. The number of halogens is 4. The van der Waals surface area contributed by atoms with Crippen LogP contribution in [0.2, 0.25) is 0 Å². The highest BCUT2D eigenvalue weighted by Crippen LogP contribution is 2.31. The Morgan fingerprint density at radius 1 is 1.13 bits per heavy atom.